The fourth-order valence-corrected chi connectivity index (χ4v) is 2.05. The summed E-state index contributed by atoms with van der Waals surface area (Å²) in [5.41, 5.74) is -1.66. The average Bonchev–Trinajstić information content (AvgIpc) is 2.67. The molecule has 1 aliphatic carbocycles. The zero-order valence-corrected chi connectivity index (χ0v) is 10.8. The highest BCUT2D eigenvalue weighted by atomic mass is 19.3. The maximum atomic E-state index is 13.9. The molecule has 1 saturated carbocycles. The van der Waals surface area contributed by atoms with E-state index in [0.717, 1.165) is 0 Å². The molecule has 106 valence electrons. The van der Waals surface area contributed by atoms with Gasteiger partial charge in [-0.25, -0.2) is 0 Å². The quantitative estimate of drug-likeness (QED) is 0.881. The van der Waals surface area contributed by atoms with Gasteiger partial charge in [0, 0.05) is 0 Å². The van der Waals surface area contributed by atoms with Gasteiger partial charge < -0.3 is 14.9 Å². The molecule has 1 amide bonds. The van der Waals surface area contributed by atoms with E-state index in [1.54, 1.807) is 6.92 Å². The first-order valence-electron chi connectivity index (χ1n) is 6.18. The number of carbonyl (C=O) groups excluding carboxylic acids is 1. The lowest BCUT2D eigenvalue weighted by Gasteiger charge is -2.41. The van der Waals surface area contributed by atoms with Gasteiger partial charge >= 0.3 is 5.92 Å². The number of amides is 1. The molecule has 0 aliphatic heterocycles. The van der Waals surface area contributed by atoms with Crippen LogP contribution in [0.3, 0.4) is 0 Å². The standard InChI is InChI=1S/C12H16F2N2O3/c1-3-8-9(7(2)19-16-8)15-10(17)12(13,14)11(18)5-4-6-11/h18H,3-6H2,1-2H3,(H,15,17). The summed E-state index contributed by atoms with van der Waals surface area (Å²) in [4.78, 5) is 11.7. The molecule has 1 heterocycles. The maximum absolute atomic E-state index is 13.9. The van der Waals surface area contributed by atoms with Crippen LogP contribution in [0.2, 0.25) is 0 Å². The lowest BCUT2D eigenvalue weighted by Crippen LogP contribution is -2.59. The Balaban J connectivity index is 2.19. The second kappa shape index (κ2) is 4.56. The van der Waals surface area contributed by atoms with E-state index in [2.05, 4.69) is 10.5 Å². The molecule has 5 nitrogen and oxygen atoms in total. The molecular formula is C12H16F2N2O3. The van der Waals surface area contributed by atoms with E-state index in [1.807, 2.05) is 0 Å². The Morgan fingerprint density at radius 2 is 2.21 bits per heavy atom. The highest BCUT2D eigenvalue weighted by Gasteiger charge is 2.61. The first-order chi connectivity index (χ1) is 8.82. The number of anilines is 1. The zero-order chi connectivity index (χ0) is 14.3. The number of hydrogen-bond donors (Lipinski definition) is 2. The van der Waals surface area contributed by atoms with Crippen LogP contribution in [-0.2, 0) is 11.2 Å². The number of hydrogen-bond acceptors (Lipinski definition) is 4. The summed E-state index contributed by atoms with van der Waals surface area (Å²) in [6.07, 6.45) is 0.794. The fourth-order valence-electron chi connectivity index (χ4n) is 2.05. The first-order valence-corrected chi connectivity index (χ1v) is 6.18. The van der Waals surface area contributed by atoms with Crippen LogP contribution < -0.4 is 5.32 Å². The van der Waals surface area contributed by atoms with E-state index in [0.29, 0.717) is 18.5 Å². The molecule has 0 saturated heterocycles. The third kappa shape index (κ3) is 2.11. The van der Waals surface area contributed by atoms with Gasteiger partial charge in [-0.2, -0.15) is 8.78 Å². The van der Waals surface area contributed by atoms with Crippen LogP contribution in [0.5, 0.6) is 0 Å². The summed E-state index contributed by atoms with van der Waals surface area (Å²) in [7, 11) is 0. The van der Waals surface area contributed by atoms with Crippen LogP contribution >= 0.6 is 0 Å². The van der Waals surface area contributed by atoms with Crippen molar-refractivity contribution in [3.05, 3.63) is 11.5 Å². The Kier molecular flexibility index (Phi) is 3.34. The Labute approximate surface area is 109 Å². The van der Waals surface area contributed by atoms with Gasteiger partial charge in [0.1, 0.15) is 17.0 Å². The molecule has 7 heteroatoms. The summed E-state index contributed by atoms with van der Waals surface area (Å²) in [6, 6.07) is 0. The van der Waals surface area contributed by atoms with Crippen LogP contribution in [0.4, 0.5) is 14.5 Å². The molecule has 1 fully saturated rings. The second-order valence-corrected chi connectivity index (χ2v) is 4.83. The molecule has 0 unspecified atom stereocenters. The topological polar surface area (TPSA) is 75.4 Å². The van der Waals surface area contributed by atoms with Crippen LogP contribution in [0.25, 0.3) is 0 Å². The van der Waals surface area contributed by atoms with Gasteiger partial charge in [-0.1, -0.05) is 12.1 Å². The fraction of sp³-hybridized carbons (Fsp3) is 0.667. The first kappa shape index (κ1) is 13.9. The highest BCUT2D eigenvalue weighted by Crippen LogP contribution is 2.44. The number of rotatable bonds is 4. The number of carbonyl (C=O) groups is 1. The zero-order valence-electron chi connectivity index (χ0n) is 10.8. The number of nitrogens with zero attached hydrogens (tertiary/aromatic N) is 1. The largest absolute Gasteiger partial charge is 0.383 e. The van der Waals surface area contributed by atoms with Crippen molar-refractivity contribution >= 4 is 11.6 Å². The van der Waals surface area contributed by atoms with Crippen molar-refractivity contribution in [1.29, 1.82) is 0 Å². The van der Waals surface area contributed by atoms with Crippen molar-refractivity contribution in [2.45, 2.75) is 51.1 Å². The van der Waals surface area contributed by atoms with Gasteiger partial charge in [-0.15, -0.1) is 0 Å². The molecular weight excluding hydrogens is 258 g/mol. The lowest BCUT2D eigenvalue weighted by atomic mass is 9.75. The predicted octanol–water partition coefficient (Wildman–Crippen LogP) is 2.03. The Morgan fingerprint density at radius 3 is 2.68 bits per heavy atom. The monoisotopic (exact) mass is 274 g/mol. The summed E-state index contributed by atoms with van der Waals surface area (Å²) in [5.74, 6) is -5.07. The van der Waals surface area contributed by atoms with E-state index >= 15 is 0 Å². The van der Waals surface area contributed by atoms with Crippen molar-refractivity contribution in [3.63, 3.8) is 0 Å². The molecule has 0 bridgehead atoms. The van der Waals surface area contributed by atoms with Gasteiger partial charge in [0.25, 0.3) is 5.91 Å². The average molecular weight is 274 g/mol. The van der Waals surface area contributed by atoms with E-state index < -0.39 is 17.4 Å². The van der Waals surface area contributed by atoms with Gasteiger partial charge in [-0.05, 0) is 32.6 Å². The van der Waals surface area contributed by atoms with E-state index in [9.17, 15) is 18.7 Å². The summed E-state index contributed by atoms with van der Waals surface area (Å²) < 4.78 is 32.6. The third-order valence-corrected chi connectivity index (χ3v) is 3.56. The second-order valence-electron chi connectivity index (χ2n) is 4.83. The normalized spacial score (nSPS) is 17.9. The van der Waals surface area contributed by atoms with Crippen molar-refractivity contribution in [3.8, 4) is 0 Å². The molecule has 2 rings (SSSR count). The number of halogens is 2. The SMILES string of the molecule is CCc1noc(C)c1NC(=O)C(F)(F)C1(O)CCC1. The molecule has 0 spiro atoms. The molecule has 1 aromatic heterocycles. The van der Waals surface area contributed by atoms with Gasteiger partial charge in [0.15, 0.2) is 5.76 Å². The molecule has 1 aromatic rings. The molecule has 0 radical (unpaired) electrons. The minimum Gasteiger partial charge on any atom is -0.383 e. The molecule has 2 N–H and O–H groups in total. The van der Waals surface area contributed by atoms with Crippen LogP contribution in [-0.4, -0.2) is 27.7 Å². The van der Waals surface area contributed by atoms with Crippen LogP contribution in [0.15, 0.2) is 4.52 Å². The van der Waals surface area contributed by atoms with Crippen molar-refractivity contribution < 1.29 is 23.2 Å². The van der Waals surface area contributed by atoms with E-state index in [-0.39, 0.29) is 24.3 Å². The molecule has 19 heavy (non-hydrogen) atoms. The molecule has 0 aromatic carbocycles. The number of alkyl halides is 2. The molecule has 1 aliphatic rings. The van der Waals surface area contributed by atoms with Crippen molar-refractivity contribution in [2.75, 3.05) is 5.32 Å². The van der Waals surface area contributed by atoms with E-state index in [1.165, 1.54) is 6.92 Å². The number of aryl methyl sites for hydroxylation is 2. The maximum Gasteiger partial charge on any atom is 0.352 e. The van der Waals surface area contributed by atoms with Crippen LogP contribution in [0.1, 0.15) is 37.6 Å². The number of aromatic nitrogens is 1. The predicted molar refractivity (Wildman–Crippen MR) is 63.0 cm³/mol. The molecule has 0 atom stereocenters. The van der Waals surface area contributed by atoms with E-state index in [4.69, 9.17) is 4.52 Å². The smallest absolute Gasteiger partial charge is 0.352 e. The summed E-state index contributed by atoms with van der Waals surface area (Å²) >= 11 is 0. The number of aliphatic hydroxyl groups is 1. The van der Waals surface area contributed by atoms with Gasteiger partial charge in [-0.3, -0.25) is 4.79 Å². The van der Waals surface area contributed by atoms with Gasteiger partial charge in [0.2, 0.25) is 0 Å². The summed E-state index contributed by atoms with van der Waals surface area (Å²) in [6.45, 7) is 3.29. The number of nitrogens with one attached hydrogen (secondary N) is 1. The van der Waals surface area contributed by atoms with Gasteiger partial charge in [0.05, 0.1) is 0 Å². The Morgan fingerprint density at radius 1 is 1.58 bits per heavy atom. The van der Waals surface area contributed by atoms with Crippen molar-refractivity contribution in [1.82, 2.24) is 5.16 Å². The van der Waals surface area contributed by atoms with Crippen molar-refractivity contribution in [2.24, 2.45) is 0 Å². The Bertz CT molecular complexity index is 495. The third-order valence-electron chi connectivity index (χ3n) is 3.56. The minimum absolute atomic E-state index is 0.0727. The summed E-state index contributed by atoms with van der Waals surface area (Å²) in [5, 5.41) is 15.5. The van der Waals surface area contributed by atoms with Crippen LogP contribution in [0, 0.1) is 6.92 Å². The lowest BCUT2D eigenvalue weighted by molar-refractivity contribution is -0.212. The minimum atomic E-state index is -3.82. The Hall–Kier alpha value is -1.50. The highest BCUT2D eigenvalue weighted by molar-refractivity contribution is 5.98.